The Kier molecular flexibility index (Phi) is 8.93. The van der Waals surface area contributed by atoms with Crippen LogP contribution in [-0.2, 0) is 19.0 Å². The van der Waals surface area contributed by atoms with E-state index in [0.717, 1.165) is 37.4 Å². The summed E-state index contributed by atoms with van der Waals surface area (Å²) in [4.78, 5) is 45.3. The minimum absolute atomic E-state index is 0.0129. The quantitative estimate of drug-likeness (QED) is 0.319. The van der Waals surface area contributed by atoms with Crippen molar-refractivity contribution < 1.29 is 37.4 Å². The molecule has 2 aromatic heterocycles. The Morgan fingerprint density at radius 2 is 1.61 bits per heavy atom. The Bertz CT molecular complexity index is 1230. The Morgan fingerprint density at radius 1 is 0.947 bits per heavy atom. The van der Waals surface area contributed by atoms with Gasteiger partial charge in [0.05, 0.1) is 29.6 Å². The van der Waals surface area contributed by atoms with Crippen LogP contribution in [0.5, 0.6) is 0 Å². The highest BCUT2D eigenvalue weighted by atomic mass is 19.1. The van der Waals surface area contributed by atoms with Gasteiger partial charge in [0.15, 0.2) is 0 Å². The molecular weight excluding hydrogens is 498 g/mol. The van der Waals surface area contributed by atoms with Crippen molar-refractivity contribution in [3.8, 4) is 0 Å². The van der Waals surface area contributed by atoms with Gasteiger partial charge in [0.2, 0.25) is 0 Å². The van der Waals surface area contributed by atoms with Crippen molar-refractivity contribution in [2.24, 2.45) is 11.8 Å². The maximum absolute atomic E-state index is 13.7. The number of fused-ring (bicyclic) bond motifs is 1. The second-order valence-electron chi connectivity index (χ2n) is 9.45. The van der Waals surface area contributed by atoms with Crippen molar-refractivity contribution in [2.75, 3.05) is 0 Å². The summed E-state index contributed by atoms with van der Waals surface area (Å²) in [5, 5.41) is 0. The van der Waals surface area contributed by atoms with Gasteiger partial charge in [-0.15, -0.1) is 0 Å². The molecule has 0 bridgehead atoms. The first kappa shape index (κ1) is 27.1. The van der Waals surface area contributed by atoms with E-state index in [2.05, 4.69) is 9.97 Å². The van der Waals surface area contributed by atoms with Gasteiger partial charge in [-0.3, -0.25) is 9.97 Å². The monoisotopic (exact) mass is 526 g/mol. The van der Waals surface area contributed by atoms with Crippen molar-refractivity contribution in [1.82, 2.24) is 9.97 Å². The topological polar surface area (TPSA) is 105 Å². The lowest BCUT2D eigenvalue weighted by Gasteiger charge is -2.24. The summed E-state index contributed by atoms with van der Waals surface area (Å²) in [6.07, 6.45) is 12.3. The molecule has 8 nitrogen and oxygen atoms in total. The number of pyridine rings is 2. The maximum Gasteiger partial charge on any atom is 0.340 e. The molecule has 2 aromatic rings. The molecule has 1 saturated carbocycles. The lowest BCUT2D eigenvalue weighted by Crippen LogP contribution is -2.28. The third kappa shape index (κ3) is 7.30. The number of hydrogen-bond acceptors (Lipinski definition) is 8. The highest BCUT2D eigenvalue weighted by Crippen LogP contribution is 2.39. The van der Waals surface area contributed by atoms with Crippen molar-refractivity contribution in [3.63, 3.8) is 0 Å². The van der Waals surface area contributed by atoms with Crippen molar-refractivity contribution in [1.29, 1.82) is 0 Å². The molecule has 0 amide bonds. The number of aromatic nitrogens is 2. The standard InChI is InChI=1S/C28H28F2N2O6/c1-17-5-3-2-4-6-18-11-23(37-27(34)19-9-21(29)15-31-13-19)12-24(18)25(7-8-26(33)36-17)38-28(35)20-10-22(30)16-32-14-20/h4,6-10,13-18,23-25H,2-3,5,11-12H2,1H3/b6-4+,8-7?/t17-,18+,23-,24+,25+/m0/s1. The number of carbonyl (C=O) groups is 3. The molecule has 0 saturated heterocycles. The number of rotatable bonds is 4. The zero-order valence-corrected chi connectivity index (χ0v) is 20.8. The van der Waals surface area contributed by atoms with Crippen molar-refractivity contribution in [2.45, 2.75) is 57.3 Å². The van der Waals surface area contributed by atoms with Crippen LogP contribution in [0.2, 0.25) is 0 Å². The second kappa shape index (κ2) is 12.5. The molecule has 38 heavy (non-hydrogen) atoms. The molecule has 200 valence electrons. The normalized spacial score (nSPS) is 26.6. The summed E-state index contributed by atoms with van der Waals surface area (Å²) >= 11 is 0. The predicted molar refractivity (Wildman–Crippen MR) is 131 cm³/mol. The highest BCUT2D eigenvalue weighted by Gasteiger charge is 2.41. The summed E-state index contributed by atoms with van der Waals surface area (Å²) in [5.41, 5.74) is -0.0924. The van der Waals surface area contributed by atoms with Crippen molar-refractivity contribution in [3.05, 3.63) is 84.0 Å². The van der Waals surface area contributed by atoms with Crippen LogP contribution < -0.4 is 0 Å². The average Bonchev–Trinajstić information content (AvgIpc) is 3.28. The number of esters is 3. The largest absolute Gasteiger partial charge is 0.460 e. The van der Waals surface area contributed by atoms with Gasteiger partial charge in [-0.2, -0.15) is 0 Å². The molecule has 0 N–H and O–H groups in total. The molecule has 0 radical (unpaired) electrons. The molecule has 1 aliphatic carbocycles. The van der Waals surface area contributed by atoms with E-state index in [1.54, 1.807) is 0 Å². The molecule has 2 aliphatic rings. The zero-order valence-electron chi connectivity index (χ0n) is 20.8. The first-order valence-corrected chi connectivity index (χ1v) is 12.5. The SMILES string of the molecule is C[C@H]1CCC/C=C/[C@@H]2C[C@H](OC(=O)c3cncc(F)c3)C[C@H]2[C@H](OC(=O)c2cncc(F)c2)C=CC(=O)O1. The first-order chi connectivity index (χ1) is 18.3. The second-order valence-corrected chi connectivity index (χ2v) is 9.45. The molecule has 3 heterocycles. The molecular formula is C28H28F2N2O6. The Balaban J connectivity index is 1.58. The van der Waals surface area contributed by atoms with E-state index in [9.17, 15) is 23.2 Å². The minimum Gasteiger partial charge on any atom is -0.460 e. The molecule has 1 aliphatic heterocycles. The van der Waals surface area contributed by atoms with Gasteiger partial charge in [0.25, 0.3) is 0 Å². The van der Waals surface area contributed by atoms with Gasteiger partial charge in [0.1, 0.15) is 23.8 Å². The van der Waals surface area contributed by atoms with E-state index in [1.807, 2.05) is 19.1 Å². The Hall–Kier alpha value is -3.95. The molecule has 0 unspecified atom stereocenters. The van der Waals surface area contributed by atoms with Gasteiger partial charge in [-0.1, -0.05) is 12.2 Å². The minimum atomic E-state index is -0.913. The third-order valence-electron chi connectivity index (χ3n) is 6.54. The van der Waals surface area contributed by atoms with Gasteiger partial charge < -0.3 is 14.2 Å². The molecule has 0 spiro atoms. The third-order valence-corrected chi connectivity index (χ3v) is 6.54. The lowest BCUT2D eigenvalue weighted by atomic mass is 9.89. The van der Waals surface area contributed by atoms with Crippen LogP contribution >= 0.6 is 0 Å². The van der Waals surface area contributed by atoms with Gasteiger partial charge >= 0.3 is 17.9 Å². The summed E-state index contributed by atoms with van der Waals surface area (Å²) in [5.74, 6) is -3.99. The molecule has 5 atom stereocenters. The smallest absolute Gasteiger partial charge is 0.340 e. The van der Waals surface area contributed by atoms with Crippen LogP contribution in [0.1, 0.15) is 59.7 Å². The number of cyclic esters (lactones) is 1. The van der Waals surface area contributed by atoms with Crippen LogP contribution in [0.3, 0.4) is 0 Å². The maximum atomic E-state index is 13.7. The highest BCUT2D eigenvalue weighted by molar-refractivity contribution is 5.90. The summed E-state index contributed by atoms with van der Waals surface area (Å²) in [6, 6.07) is 2.06. The predicted octanol–water partition coefficient (Wildman–Crippen LogP) is 4.76. The molecule has 1 fully saturated rings. The van der Waals surface area contributed by atoms with E-state index in [0.29, 0.717) is 19.3 Å². The Morgan fingerprint density at radius 3 is 2.26 bits per heavy atom. The van der Waals surface area contributed by atoms with Crippen LogP contribution in [0.4, 0.5) is 8.78 Å². The number of hydrogen-bond donors (Lipinski definition) is 0. The number of nitrogens with zero attached hydrogens (tertiary/aromatic N) is 2. The molecule has 4 rings (SSSR count). The molecule has 0 aromatic carbocycles. The number of allylic oxidation sites excluding steroid dienone is 2. The van der Waals surface area contributed by atoms with Crippen LogP contribution in [-0.4, -0.2) is 46.2 Å². The molecule has 10 heteroatoms. The van der Waals surface area contributed by atoms with Gasteiger partial charge in [0, 0.05) is 24.4 Å². The summed E-state index contributed by atoms with van der Waals surface area (Å²) in [6.45, 7) is 1.81. The zero-order chi connectivity index (χ0) is 27.1. The van der Waals surface area contributed by atoms with Crippen LogP contribution in [0, 0.1) is 23.5 Å². The van der Waals surface area contributed by atoms with Crippen LogP contribution in [0.15, 0.2) is 61.2 Å². The van der Waals surface area contributed by atoms with Crippen LogP contribution in [0.25, 0.3) is 0 Å². The summed E-state index contributed by atoms with van der Waals surface area (Å²) in [7, 11) is 0. The number of ether oxygens (including phenoxy) is 3. The average molecular weight is 527 g/mol. The first-order valence-electron chi connectivity index (χ1n) is 12.5. The number of halogens is 2. The lowest BCUT2D eigenvalue weighted by molar-refractivity contribution is -0.142. The Labute approximate surface area is 218 Å². The van der Waals surface area contributed by atoms with E-state index < -0.39 is 41.8 Å². The van der Waals surface area contributed by atoms with E-state index >= 15 is 0 Å². The van der Waals surface area contributed by atoms with E-state index in [1.165, 1.54) is 24.5 Å². The van der Waals surface area contributed by atoms with E-state index in [4.69, 9.17) is 14.2 Å². The number of carbonyl (C=O) groups excluding carboxylic acids is 3. The van der Waals surface area contributed by atoms with Gasteiger partial charge in [-0.25, -0.2) is 23.2 Å². The summed E-state index contributed by atoms with van der Waals surface area (Å²) < 4.78 is 44.0. The fraction of sp³-hybridized carbons (Fsp3) is 0.393. The van der Waals surface area contributed by atoms with E-state index in [-0.39, 0.29) is 29.1 Å². The van der Waals surface area contributed by atoms with Crippen molar-refractivity contribution >= 4 is 17.9 Å². The van der Waals surface area contributed by atoms with Gasteiger partial charge in [-0.05, 0) is 63.2 Å². The fourth-order valence-electron chi connectivity index (χ4n) is 4.74. The fourth-order valence-corrected chi connectivity index (χ4v) is 4.74.